The molecule has 0 atom stereocenters. The molecule has 49 heavy (non-hydrogen) atoms. The van der Waals surface area contributed by atoms with Gasteiger partial charge >= 0.3 is 19.5 Å². The van der Waals surface area contributed by atoms with Crippen molar-refractivity contribution in [1.82, 2.24) is 29.9 Å². The fourth-order valence-corrected chi connectivity index (χ4v) is 4.60. The summed E-state index contributed by atoms with van der Waals surface area (Å²) in [5.41, 5.74) is 9.76. The van der Waals surface area contributed by atoms with Crippen LogP contribution in [0, 0.1) is 0 Å². The molecule has 1 radical (unpaired) electrons. The zero-order valence-electron chi connectivity index (χ0n) is 30.2. The van der Waals surface area contributed by atoms with E-state index in [0.29, 0.717) is 0 Å². The summed E-state index contributed by atoms with van der Waals surface area (Å²) >= 11 is 0. The van der Waals surface area contributed by atoms with Crippen molar-refractivity contribution in [3.63, 3.8) is 0 Å². The van der Waals surface area contributed by atoms with Crippen LogP contribution in [0.1, 0.15) is 79.4 Å². The normalized spacial score (nSPS) is 11.2. The van der Waals surface area contributed by atoms with Gasteiger partial charge in [0.2, 0.25) is 0 Å². The molecule has 7 heteroatoms. The molecule has 0 aliphatic heterocycles. The molecule has 0 saturated heterocycles. The number of hydrogen-bond acceptors (Lipinski definition) is 6. The molecule has 0 bridgehead atoms. The fourth-order valence-electron chi connectivity index (χ4n) is 4.60. The van der Waals surface area contributed by atoms with Gasteiger partial charge in [0, 0.05) is 50.0 Å². The van der Waals surface area contributed by atoms with E-state index in [-0.39, 0.29) is 35.7 Å². The second kappa shape index (κ2) is 17.3. The van der Waals surface area contributed by atoms with Crippen molar-refractivity contribution in [2.75, 3.05) is 0 Å². The van der Waals surface area contributed by atoms with E-state index < -0.39 is 0 Å². The predicted molar refractivity (Wildman–Crippen MR) is 199 cm³/mol. The Hall–Kier alpha value is -4.48. The van der Waals surface area contributed by atoms with Crippen LogP contribution in [0.3, 0.4) is 0 Å². The van der Waals surface area contributed by atoms with Crippen LogP contribution in [0.25, 0.3) is 33.8 Å². The van der Waals surface area contributed by atoms with Gasteiger partial charge in [-0.25, -0.2) is 29.9 Å². The van der Waals surface area contributed by atoms with Crippen molar-refractivity contribution >= 4 is 0 Å². The molecule has 0 saturated carbocycles. The number of benzene rings is 3. The minimum atomic E-state index is 0. The number of aromatic nitrogens is 6. The van der Waals surface area contributed by atoms with Crippen molar-refractivity contribution in [2.45, 2.75) is 78.6 Å². The van der Waals surface area contributed by atoms with Gasteiger partial charge in [-0.3, -0.25) is 0 Å². The Labute approximate surface area is 305 Å². The topological polar surface area (TPSA) is 77.3 Å². The zero-order chi connectivity index (χ0) is 34.8. The summed E-state index contributed by atoms with van der Waals surface area (Å²) in [6.07, 6.45) is 4.93. The van der Waals surface area contributed by atoms with E-state index in [4.69, 9.17) is 0 Å². The SMILES string of the molecule is CC(C)(C)c1cc(-c2ccccc2)ncn1.CC(C)(C)c1cc(-c2ccccc2)ncn1.CC(C)(C)c1cc(-c2ccccc2)ncn1.[Ru+3]. The van der Waals surface area contributed by atoms with Crippen LogP contribution in [0.2, 0.25) is 0 Å². The van der Waals surface area contributed by atoms with E-state index in [9.17, 15) is 0 Å². The Bertz CT molecular complexity index is 1640. The first-order chi connectivity index (χ1) is 22.7. The Balaban J connectivity index is 0.000000197. The minimum absolute atomic E-state index is 0. The van der Waals surface area contributed by atoms with Gasteiger partial charge in [0.1, 0.15) is 19.0 Å². The molecular weight excluding hydrogens is 690 g/mol. The van der Waals surface area contributed by atoms with Crippen LogP contribution < -0.4 is 0 Å². The standard InChI is InChI=1S/3C14H16N2.Ru/c3*1-14(2,3)13-9-12(15-10-16-13)11-7-5-4-6-8-11;/h3*4-10H,1-3H3;/q;;;+3. The first kappa shape index (κ1) is 39.0. The summed E-state index contributed by atoms with van der Waals surface area (Å²) in [4.78, 5) is 25.9. The van der Waals surface area contributed by atoms with Crippen LogP contribution in [-0.2, 0) is 35.7 Å². The maximum atomic E-state index is 4.33. The van der Waals surface area contributed by atoms with E-state index in [1.165, 1.54) is 0 Å². The average Bonchev–Trinajstić information content (AvgIpc) is 3.09. The van der Waals surface area contributed by atoms with Crippen molar-refractivity contribution < 1.29 is 19.5 Å². The van der Waals surface area contributed by atoms with Gasteiger partial charge in [-0.05, 0) is 18.2 Å². The van der Waals surface area contributed by atoms with Crippen molar-refractivity contribution in [3.8, 4) is 33.8 Å². The van der Waals surface area contributed by atoms with Crippen molar-refractivity contribution in [1.29, 1.82) is 0 Å². The molecule has 0 unspecified atom stereocenters. The van der Waals surface area contributed by atoms with Crippen molar-refractivity contribution in [2.24, 2.45) is 0 Å². The van der Waals surface area contributed by atoms with E-state index in [0.717, 1.165) is 50.9 Å². The van der Waals surface area contributed by atoms with Crippen LogP contribution >= 0.6 is 0 Å². The van der Waals surface area contributed by atoms with Gasteiger partial charge in [-0.1, -0.05) is 153 Å². The third kappa shape index (κ3) is 11.9. The number of rotatable bonds is 3. The van der Waals surface area contributed by atoms with Gasteiger partial charge in [-0.15, -0.1) is 0 Å². The van der Waals surface area contributed by atoms with Crippen LogP contribution in [0.4, 0.5) is 0 Å². The summed E-state index contributed by atoms with van der Waals surface area (Å²) < 4.78 is 0. The second-order valence-corrected chi connectivity index (χ2v) is 14.7. The van der Waals surface area contributed by atoms with Gasteiger partial charge in [0.15, 0.2) is 0 Å². The van der Waals surface area contributed by atoms with Gasteiger partial charge in [0.25, 0.3) is 0 Å². The Morgan fingerprint density at radius 2 is 0.551 bits per heavy atom. The predicted octanol–water partition coefficient (Wildman–Crippen LogP) is 10.3. The fraction of sp³-hybridized carbons (Fsp3) is 0.286. The second-order valence-electron chi connectivity index (χ2n) is 14.7. The molecule has 3 aromatic carbocycles. The zero-order valence-corrected chi connectivity index (χ0v) is 31.9. The molecule has 6 rings (SSSR count). The van der Waals surface area contributed by atoms with Gasteiger partial charge in [0.05, 0.1) is 17.1 Å². The summed E-state index contributed by atoms with van der Waals surface area (Å²) in [5.74, 6) is 0. The Morgan fingerprint density at radius 3 is 0.755 bits per heavy atom. The smallest absolute Gasteiger partial charge is 0.241 e. The van der Waals surface area contributed by atoms with E-state index in [2.05, 4.69) is 147 Å². The quantitative estimate of drug-likeness (QED) is 0.168. The first-order valence-electron chi connectivity index (χ1n) is 16.4. The molecule has 0 aliphatic carbocycles. The molecule has 0 amide bonds. The molecule has 6 nitrogen and oxygen atoms in total. The van der Waals surface area contributed by atoms with Crippen LogP contribution in [-0.4, -0.2) is 29.9 Å². The molecule has 3 heterocycles. The molecule has 0 fully saturated rings. The molecule has 3 aromatic heterocycles. The summed E-state index contributed by atoms with van der Waals surface area (Å²) in [5, 5.41) is 0. The maximum Gasteiger partial charge on any atom is 3.00 e. The third-order valence-electron chi connectivity index (χ3n) is 7.52. The van der Waals surface area contributed by atoms with E-state index in [1.807, 2.05) is 54.6 Å². The van der Waals surface area contributed by atoms with E-state index >= 15 is 0 Å². The molecular formula is C42H48N6Ru+3. The maximum absolute atomic E-state index is 4.33. The summed E-state index contributed by atoms with van der Waals surface area (Å²) in [6, 6.07) is 36.7. The molecule has 6 aromatic rings. The Kier molecular flexibility index (Phi) is 13.7. The molecule has 251 valence electrons. The first-order valence-corrected chi connectivity index (χ1v) is 16.4. The van der Waals surface area contributed by atoms with Crippen molar-refractivity contribution in [3.05, 3.63) is 145 Å². The monoisotopic (exact) mass is 738 g/mol. The molecule has 0 N–H and O–H groups in total. The minimum Gasteiger partial charge on any atom is -0.241 e. The number of nitrogens with zero attached hydrogens (tertiary/aromatic N) is 6. The van der Waals surface area contributed by atoms with E-state index in [1.54, 1.807) is 19.0 Å². The molecule has 0 aliphatic rings. The third-order valence-corrected chi connectivity index (χ3v) is 7.52. The largest absolute Gasteiger partial charge is 3.00 e. The van der Waals surface area contributed by atoms with Gasteiger partial charge < -0.3 is 0 Å². The number of hydrogen-bond donors (Lipinski definition) is 0. The summed E-state index contributed by atoms with van der Waals surface area (Å²) in [7, 11) is 0. The van der Waals surface area contributed by atoms with Gasteiger partial charge in [-0.2, -0.15) is 0 Å². The summed E-state index contributed by atoms with van der Waals surface area (Å²) in [6.45, 7) is 19.4. The van der Waals surface area contributed by atoms with Crippen LogP contribution in [0.5, 0.6) is 0 Å². The van der Waals surface area contributed by atoms with Crippen LogP contribution in [0.15, 0.2) is 128 Å². The Morgan fingerprint density at radius 1 is 0.327 bits per heavy atom. The average molecular weight is 738 g/mol. The molecule has 0 spiro atoms.